The lowest BCUT2D eigenvalue weighted by Gasteiger charge is -1.98. The predicted molar refractivity (Wildman–Crippen MR) is 84.8 cm³/mol. The summed E-state index contributed by atoms with van der Waals surface area (Å²) < 4.78 is 5.50. The Labute approximate surface area is 124 Å². The molecular weight excluding hydrogens is 264 g/mol. The monoisotopic (exact) mass is 282 g/mol. The van der Waals surface area contributed by atoms with Gasteiger partial charge in [0.15, 0.2) is 0 Å². The van der Waals surface area contributed by atoms with Gasteiger partial charge in [-0.15, -0.1) is 0 Å². The Balaban J connectivity index is 1.52. The Kier molecular flexibility index (Phi) is 6.78. The maximum Gasteiger partial charge on any atom is 0.0808 e. The zero-order valence-electron chi connectivity index (χ0n) is 11.8. The molecule has 2 heterocycles. The molecule has 5 heteroatoms. The lowest BCUT2D eigenvalue weighted by molar-refractivity contribution is 0.149. The van der Waals surface area contributed by atoms with E-state index in [0.717, 1.165) is 24.2 Å². The maximum absolute atomic E-state index is 5.50. The van der Waals surface area contributed by atoms with Gasteiger partial charge in [0.05, 0.1) is 37.0 Å². The summed E-state index contributed by atoms with van der Waals surface area (Å²) in [4.78, 5) is 16.5. The molecule has 0 atom stereocenters. The molecule has 0 bridgehead atoms. The first-order valence-electron chi connectivity index (χ1n) is 6.88. The second-order valence-electron chi connectivity index (χ2n) is 4.24. The lowest BCUT2D eigenvalue weighted by atomic mass is 10.4. The number of aromatic nitrogens is 2. The number of rotatable bonds is 8. The number of pyridine rings is 2. The summed E-state index contributed by atoms with van der Waals surface area (Å²) in [5, 5.41) is 0. The van der Waals surface area contributed by atoms with Gasteiger partial charge in [-0.25, -0.2) is 0 Å². The van der Waals surface area contributed by atoms with Crippen molar-refractivity contribution in [3.63, 3.8) is 0 Å². The molecule has 0 aliphatic carbocycles. The normalized spacial score (nSPS) is 11.4. The molecule has 2 rings (SSSR count). The van der Waals surface area contributed by atoms with Crippen molar-refractivity contribution in [2.75, 3.05) is 13.2 Å². The van der Waals surface area contributed by atoms with Crippen molar-refractivity contribution in [2.24, 2.45) is 9.98 Å². The number of aliphatic imine (C=N–C) groups is 2. The van der Waals surface area contributed by atoms with E-state index in [1.807, 2.05) is 36.7 Å². The van der Waals surface area contributed by atoms with Crippen LogP contribution in [0.1, 0.15) is 12.8 Å². The summed E-state index contributed by atoms with van der Waals surface area (Å²) in [6, 6.07) is 7.56. The fourth-order valence-electron chi connectivity index (χ4n) is 1.57. The molecule has 5 nitrogen and oxygen atoms in total. The van der Waals surface area contributed by atoms with E-state index < -0.39 is 0 Å². The van der Waals surface area contributed by atoms with Gasteiger partial charge < -0.3 is 4.74 Å². The van der Waals surface area contributed by atoms with Crippen LogP contribution in [0.15, 0.2) is 59.0 Å². The van der Waals surface area contributed by atoms with Gasteiger partial charge in [-0.3, -0.25) is 20.0 Å². The van der Waals surface area contributed by atoms with Gasteiger partial charge >= 0.3 is 0 Å². The molecule has 108 valence electrons. The quantitative estimate of drug-likeness (QED) is 0.551. The van der Waals surface area contributed by atoms with Crippen molar-refractivity contribution in [1.82, 2.24) is 9.97 Å². The van der Waals surface area contributed by atoms with Crippen LogP contribution in [0.25, 0.3) is 0 Å². The van der Waals surface area contributed by atoms with Crippen LogP contribution in [0.5, 0.6) is 0 Å². The first-order chi connectivity index (χ1) is 10.4. The molecule has 2 aromatic heterocycles. The van der Waals surface area contributed by atoms with E-state index in [0.29, 0.717) is 13.2 Å². The van der Waals surface area contributed by atoms with Gasteiger partial charge in [-0.2, -0.15) is 0 Å². The molecule has 2 aromatic rings. The van der Waals surface area contributed by atoms with Crippen molar-refractivity contribution in [1.29, 1.82) is 0 Å². The van der Waals surface area contributed by atoms with Gasteiger partial charge in [0.25, 0.3) is 0 Å². The van der Waals surface area contributed by atoms with Gasteiger partial charge in [0, 0.05) is 37.7 Å². The maximum atomic E-state index is 5.50. The molecule has 0 aliphatic heterocycles. The first-order valence-corrected chi connectivity index (χ1v) is 6.88. The molecule has 21 heavy (non-hydrogen) atoms. The molecule has 0 amide bonds. The fourth-order valence-corrected chi connectivity index (χ4v) is 1.57. The van der Waals surface area contributed by atoms with Crippen LogP contribution in [0.4, 0.5) is 11.4 Å². The minimum Gasteiger partial charge on any atom is -0.381 e. The number of nitrogens with zero attached hydrogens (tertiary/aromatic N) is 4. The molecule has 0 unspecified atom stereocenters. The van der Waals surface area contributed by atoms with Gasteiger partial charge in [-0.1, -0.05) is 0 Å². The smallest absolute Gasteiger partial charge is 0.0808 e. The van der Waals surface area contributed by atoms with Crippen molar-refractivity contribution >= 4 is 23.8 Å². The van der Waals surface area contributed by atoms with Crippen molar-refractivity contribution in [3.8, 4) is 0 Å². The van der Waals surface area contributed by atoms with Crippen LogP contribution < -0.4 is 0 Å². The number of ether oxygens (including phenoxy) is 1. The molecule has 0 aromatic carbocycles. The zero-order valence-corrected chi connectivity index (χ0v) is 11.8. The summed E-state index contributed by atoms with van der Waals surface area (Å²) >= 11 is 0. The molecule has 0 fully saturated rings. The Hall–Kier alpha value is -2.40. The van der Waals surface area contributed by atoms with Crippen LogP contribution in [-0.2, 0) is 4.74 Å². The van der Waals surface area contributed by atoms with Crippen molar-refractivity contribution < 1.29 is 4.74 Å². The zero-order chi connectivity index (χ0) is 14.6. The topological polar surface area (TPSA) is 59.7 Å². The minimum absolute atomic E-state index is 0.657. The highest BCUT2D eigenvalue weighted by atomic mass is 16.5. The predicted octanol–water partition coefficient (Wildman–Crippen LogP) is 3.38. The molecule has 0 spiro atoms. The molecule has 0 aliphatic rings. The van der Waals surface area contributed by atoms with E-state index in [2.05, 4.69) is 20.0 Å². The van der Waals surface area contributed by atoms with Crippen LogP contribution in [-0.4, -0.2) is 35.6 Å². The van der Waals surface area contributed by atoms with Crippen molar-refractivity contribution in [3.05, 3.63) is 49.1 Å². The number of hydrogen-bond acceptors (Lipinski definition) is 5. The summed E-state index contributed by atoms with van der Waals surface area (Å²) in [7, 11) is 0. The molecule has 0 radical (unpaired) electrons. The Morgan fingerprint density at radius 3 is 1.81 bits per heavy atom. The summed E-state index contributed by atoms with van der Waals surface area (Å²) in [6.45, 7) is 1.31. The van der Waals surface area contributed by atoms with Gasteiger partial charge in [-0.05, 0) is 24.3 Å². The third-order valence-corrected chi connectivity index (χ3v) is 2.56. The lowest BCUT2D eigenvalue weighted by Crippen LogP contribution is -1.97. The highest BCUT2D eigenvalue weighted by Gasteiger charge is 1.88. The van der Waals surface area contributed by atoms with E-state index in [1.54, 1.807) is 24.8 Å². The highest BCUT2D eigenvalue weighted by molar-refractivity contribution is 5.63. The highest BCUT2D eigenvalue weighted by Crippen LogP contribution is 2.07. The summed E-state index contributed by atoms with van der Waals surface area (Å²) in [6.07, 6.45) is 12.2. The molecule has 0 saturated heterocycles. The summed E-state index contributed by atoms with van der Waals surface area (Å²) in [5.41, 5.74) is 1.72. The molecular formula is C16H18N4O. The first kappa shape index (κ1) is 15.0. The van der Waals surface area contributed by atoms with E-state index in [9.17, 15) is 0 Å². The Morgan fingerprint density at radius 1 is 0.857 bits per heavy atom. The average Bonchev–Trinajstić information content (AvgIpc) is 2.55. The van der Waals surface area contributed by atoms with Gasteiger partial charge in [0.1, 0.15) is 0 Å². The largest absolute Gasteiger partial charge is 0.381 e. The van der Waals surface area contributed by atoms with Crippen molar-refractivity contribution in [2.45, 2.75) is 12.8 Å². The number of hydrogen-bond donors (Lipinski definition) is 0. The van der Waals surface area contributed by atoms with Crippen LogP contribution in [0.2, 0.25) is 0 Å². The van der Waals surface area contributed by atoms with Gasteiger partial charge in [0.2, 0.25) is 0 Å². The Morgan fingerprint density at radius 2 is 1.38 bits per heavy atom. The standard InChI is InChI=1S/C16H18N4O/c1-5-15(13-17-7-1)19-9-3-11-21-12-4-10-20-16-6-2-8-18-14-16/h1-2,5-10,13-14H,3-4,11-12H2. The SMILES string of the molecule is C(CCOCCC=Nc1cccnc1)=Nc1cccnc1. The second-order valence-corrected chi connectivity index (χ2v) is 4.24. The molecule has 0 saturated carbocycles. The average molecular weight is 282 g/mol. The van der Waals surface area contributed by atoms with E-state index in [4.69, 9.17) is 4.74 Å². The van der Waals surface area contributed by atoms with Crippen LogP contribution in [0, 0.1) is 0 Å². The van der Waals surface area contributed by atoms with E-state index in [1.165, 1.54) is 0 Å². The summed E-state index contributed by atoms with van der Waals surface area (Å²) in [5.74, 6) is 0. The van der Waals surface area contributed by atoms with E-state index >= 15 is 0 Å². The fraction of sp³-hybridized carbons (Fsp3) is 0.250. The second kappa shape index (κ2) is 9.50. The Bertz CT molecular complexity index is 504. The van der Waals surface area contributed by atoms with Crippen LogP contribution >= 0.6 is 0 Å². The minimum atomic E-state index is 0.657. The third kappa shape index (κ3) is 6.54. The van der Waals surface area contributed by atoms with Crippen LogP contribution in [0.3, 0.4) is 0 Å². The third-order valence-electron chi connectivity index (χ3n) is 2.56. The van der Waals surface area contributed by atoms with E-state index in [-0.39, 0.29) is 0 Å². The molecule has 0 N–H and O–H groups in total.